The zero-order valence-corrected chi connectivity index (χ0v) is 10.4. The van der Waals surface area contributed by atoms with Crippen LogP contribution in [0.2, 0.25) is 0 Å². The van der Waals surface area contributed by atoms with Crippen LogP contribution in [-0.4, -0.2) is 21.6 Å². The molecule has 1 aliphatic rings. The zero-order chi connectivity index (χ0) is 13.3. The van der Waals surface area contributed by atoms with E-state index in [2.05, 4.69) is 6.07 Å². The largest absolute Gasteiger partial charge is 0.495 e. The normalized spacial score (nSPS) is 17.7. The van der Waals surface area contributed by atoms with E-state index in [-0.39, 0.29) is 4.90 Å². The summed E-state index contributed by atoms with van der Waals surface area (Å²) in [7, 11) is -3.27. The van der Waals surface area contributed by atoms with Crippen LogP contribution in [0, 0.1) is 22.8 Å². The molecule has 0 N–H and O–H groups in total. The van der Waals surface area contributed by atoms with E-state index in [0.717, 1.165) is 17.4 Å². The first-order chi connectivity index (χ1) is 8.47. The van der Waals surface area contributed by atoms with Gasteiger partial charge in [0.25, 0.3) is 6.26 Å². The molecule has 0 aromatic heterocycles. The minimum Gasteiger partial charge on any atom is -0.495 e. The summed E-state index contributed by atoms with van der Waals surface area (Å²) in [4.78, 5) is 0.218. The molecule has 7 heteroatoms. The molecular weight excluding hydrogens is 251 g/mol. The lowest BCUT2D eigenvalue weighted by molar-refractivity contribution is 0.512. The van der Waals surface area contributed by atoms with Crippen LogP contribution in [0.5, 0.6) is 0 Å². The molecule has 18 heavy (non-hydrogen) atoms. The Kier molecular flexibility index (Phi) is 3.02. The SMILES string of the molecule is CS(=O)(=O)c1ccc2c(c1)CB(OC#N)C2C#N. The highest BCUT2D eigenvalue weighted by Crippen LogP contribution is 2.33. The van der Waals surface area contributed by atoms with Crippen molar-refractivity contribution in [3.63, 3.8) is 0 Å². The Balaban J connectivity index is 2.46. The first-order valence-electron chi connectivity index (χ1n) is 5.24. The Morgan fingerprint density at radius 2 is 2.17 bits per heavy atom. The van der Waals surface area contributed by atoms with Gasteiger partial charge in [-0.1, -0.05) is 6.07 Å². The lowest BCUT2D eigenvalue weighted by Gasteiger charge is -2.06. The van der Waals surface area contributed by atoms with Crippen LogP contribution >= 0.6 is 0 Å². The van der Waals surface area contributed by atoms with Gasteiger partial charge in [-0.15, -0.1) is 0 Å². The van der Waals surface area contributed by atoms with E-state index in [1.807, 2.05) is 0 Å². The van der Waals surface area contributed by atoms with Gasteiger partial charge in [0.15, 0.2) is 9.84 Å². The fourth-order valence-corrected chi connectivity index (χ4v) is 2.83. The number of nitriles is 2. The minimum absolute atomic E-state index is 0.218. The van der Waals surface area contributed by atoms with Crippen LogP contribution in [0.1, 0.15) is 16.9 Å². The fraction of sp³-hybridized carbons (Fsp3) is 0.273. The lowest BCUT2D eigenvalue weighted by atomic mass is 9.57. The van der Waals surface area contributed by atoms with Gasteiger partial charge in [-0.3, -0.25) is 0 Å². The highest BCUT2D eigenvalue weighted by atomic mass is 32.2. The van der Waals surface area contributed by atoms with Gasteiger partial charge in [0.1, 0.15) is 0 Å². The number of hydrogen-bond acceptors (Lipinski definition) is 5. The third-order valence-corrected chi connectivity index (χ3v) is 4.12. The molecule has 1 aliphatic heterocycles. The van der Waals surface area contributed by atoms with Crippen LogP contribution in [0.25, 0.3) is 0 Å². The van der Waals surface area contributed by atoms with Crippen molar-refractivity contribution < 1.29 is 13.1 Å². The van der Waals surface area contributed by atoms with E-state index in [9.17, 15) is 8.42 Å². The number of nitrogens with zero attached hydrogens (tertiary/aromatic N) is 2. The molecule has 2 rings (SSSR count). The Morgan fingerprint density at radius 1 is 1.44 bits per heavy atom. The predicted octanol–water partition coefficient (Wildman–Crippen LogP) is 0.821. The second kappa shape index (κ2) is 4.36. The van der Waals surface area contributed by atoms with Gasteiger partial charge in [0.2, 0.25) is 0 Å². The highest BCUT2D eigenvalue weighted by Gasteiger charge is 2.40. The summed E-state index contributed by atoms with van der Waals surface area (Å²) in [6.45, 7) is -0.523. The van der Waals surface area contributed by atoms with Crippen LogP contribution in [0.3, 0.4) is 0 Å². The summed E-state index contributed by atoms with van der Waals surface area (Å²) in [6.07, 6.45) is 3.10. The van der Waals surface area contributed by atoms with Crippen molar-refractivity contribution in [3.05, 3.63) is 29.3 Å². The molecule has 1 aromatic carbocycles. The Labute approximate surface area is 106 Å². The van der Waals surface area contributed by atoms with Gasteiger partial charge < -0.3 is 4.65 Å². The molecule has 1 unspecified atom stereocenters. The maximum Gasteiger partial charge on any atom is 0.399 e. The highest BCUT2D eigenvalue weighted by molar-refractivity contribution is 7.90. The van der Waals surface area contributed by atoms with Gasteiger partial charge in [0, 0.05) is 6.26 Å². The van der Waals surface area contributed by atoms with E-state index in [4.69, 9.17) is 15.2 Å². The Hall–Kier alpha value is -1.99. The number of hydrogen-bond donors (Lipinski definition) is 0. The third-order valence-electron chi connectivity index (χ3n) is 3.01. The average Bonchev–Trinajstić information content (AvgIpc) is 2.64. The van der Waals surface area contributed by atoms with E-state index in [0.29, 0.717) is 6.32 Å². The molecule has 0 spiro atoms. The topological polar surface area (TPSA) is 90.9 Å². The van der Waals surface area contributed by atoms with Crippen molar-refractivity contribution in [2.75, 3.05) is 6.26 Å². The minimum atomic E-state index is -3.27. The summed E-state index contributed by atoms with van der Waals surface area (Å²) in [5.41, 5.74) is 1.50. The van der Waals surface area contributed by atoms with Crippen molar-refractivity contribution in [2.24, 2.45) is 0 Å². The monoisotopic (exact) mass is 260 g/mol. The maximum atomic E-state index is 11.4. The first kappa shape index (κ1) is 12.5. The van der Waals surface area contributed by atoms with Crippen molar-refractivity contribution in [3.8, 4) is 12.3 Å². The smallest absolute Gasteiger partial charge is 0.399 e. The fourth-order valence-electron chi connectivity index (χ4n) is 2.16. The molecule has 0 fully saturated rings. The van der Waals surface area contributed by atoms with Gasteiger partial charge in [-0.2, -0.15) is 10.5 Å². The number of fused-ring (bicyclic) bond motifs is 1. The lowest BCUT2D eigenvalue weighted by Crippen LogP contribution is -2.21. The van der Waals surface area contributed by atoms with Crippen molar-refractivity contribution in [1.82, 2.24) is 0 Å². The number of sulfone groups is 1. The van der Waals surface area contributed by atoms with Crippen LogP contribution < -0.4 is 0 Å². The molecular formula is C11H9BN2O3S. The van der Waals surface area contributed by atoms with Crippen molar-refractivity contribution in [2.45, 2.75) is 17.0 Å². The summed E-state index contributed by atoms with van der Waals surface area (Å²) in [6, 6.07) is 6.74. The molecule has 1 atom stereocenters. The van der Waals surface area contributed by atoms with Gasteiger partial charge >= 0.3 is 6.92 Å². The molecule has 0 saturated carbocycles. The standard InChI is InChI=1S/C11H9BN2O3S/c1-18(15,16)9-2-3-10-8(4-9)5-12(17-7-14)11(10)6-13/h2-4,11H,5H2,1H3. The second-order valence-corrected chi connectivity index (χ2v) is 6.21. The molecule has 1 heterocycles. The Bertz CT molecular complexity index is 673. The quantitative estimate of drug-likeness (QED) is 0.579. The van der Waals surface area contributed by atoms with E-state index >= 15 is 0 Å². The molecule has 0 radical (unpaired) electrons. The Morgan fingerprint density at radius 3 is 2.72 bits per heavy atom. The van der Waals surface area contributed by atoms with Crippen molar-refractivity contribution >= 4 is 16.8 Å². The van der Waals surface area contributed by atoms with E-state index < -0.39 is 22.6 Å². The number of rotatable bonds is 2. The summed E-state index contributed by atoms with van der Waals surface area (Å²) in [5.74, 6) is -0.520. The third kappa shape index (κ3) is 2.05. The molecule has 90 valence electrons. The van der Waals surface area contributed by atoms with Crippen LogP contribution in [-0.2, 0) is 20.8 Å². The van der Waals surface area contributed by atoms with Crippen molar-refractivity contribution in [1.29, 1.82) is 10.5 Å². The van der Waals surface area contributed by atoms with Gasteiger partial charge in [0.05, 0.1) is 16.8 Å². The van der Waals surface area contributed by atoms with E-state index in [1.54, 1.807) is 18.4 Å². The summed E-state index contributed by atoms with van der Waals surface area (Å²) >= 11 is 0. The zero-order valence-electron chi connectivity index (χ0n) is 9.62. The van der Waals surface area contributed by atoms with Crippen LogP contribution in [0.4, 0.5) is 0 Å². The molecule has 1 aromatic rings. The average molecular weight is 260 g/mol. The maximum absolute atomic E-state index is 11.4. The molecule has 0 amide bonds. The first-order valence-corrected chi connectivity index (χ1v) is 7.13. The second-order valence-electron chi connectivity index (χ2n) is 4.19. The molecule has 0 aliphatic carbocycles. The molecule has 0 saturated heterocycles. The number of benzene rings is 1. The molecule has 5 nitrogen and oxygen atoms in total. The van der Waals surface area contributed by atoms with E-state index in [1.165, 1.54) is 6.07 Å². The van der Waals surface area contributed by atoms with Gasteiger partial charge in [-0.05, 0) is 29.6 Å². The molecule has 0 bridgehead atoms. The van der Waals surface area contributed by atoms with Gasteiger partial charge in [-0.25, -0.2) is 8.42 Å². The summed E-state index contributed by atoms with van der Waals surface area (Å²) in [5, 5.41) is 17.6. The summed E-state index contributed by atoms with van der Waals surface area (Å²) < 4.78 is 27.7. The predicted molar refractivity (Wildman–Crippen MR) is 64.1 cm³/mol. The van der Waals surface area contributed by atoms with Crippen LogP contribution in [0.15, 0.2) is 23.1 Å².